The van der Waals surface area contributed by atoms with Crippen LogP contribution in [-0.4, -0.2) is 29.2 Å². The molecule has 4 rings (SSSR count). The Morgan fingerprint density at radius 1 is 1.35 bits per heavy atom. The van der Waals surface area contributed by atoms with E-state index in [9.17, 15) is 19.1 Å². The summed E-state index contributed by atoms with van der Waals surface area (Å²) < 4.78 is 31.1. The average molecular weight is 371 g/mol. The van der Waals surface area contributed by atoms with Crippen LogP contribution in [0.2, 0.25) is 0 Å². The van der Waals surface area contributed by atoms with Gasteiger partial charge in [0.2, 0.25) is 0 Å². The fraction of sp³-hybridized carbons (Fsp3) is 0.412. The molecule has 2 aliphatic rings. The summed E-state index contributed by atoms with van der Waals surface area (Å²) in [7, 11) is 0. The SMILES string of the molecule is CC1(N)CN(c2c(F)cc3c(=O)c(C(=O)[O-])cn(C4CC4)c3c2F)C1.[Na+]. The molecular formula is C17H16F2N3NaO3. The second-order valence-electron chi connectivity index (χ2n) is 7.23. The van der Waals surface area contributed by atoms with Crippen LogP contribution in [0.4, 0.5) is 14.5 Å². The van der Waals surface area contributed by atoms with Gasteiger partial charge in [-0.15, -0.1) is 0 Å². The Bertz CT molecular complexity index is 978. The van der Waals surface area contributed by atoms with Gasteiger partial charge in [-0.3, -0.25) is 4.79 Å². The van der Waals surface area contributed by atoms with Gasteiger partial charge in [-0.05, 0) is 25.8 Å². The first-order valence-corrected chi connectivity index (χ1v) is 8.01. The van der Waals surface area contributed by atoms with E-state index in [-0.39, 0.29) is 65.3 Å². The molecule has 2 aromatic rings. The van der Waals surface area contributed by atoms with Gasteiger partial charge < -0.3 is 25.1 Å². The number of pyridine rings is 1. The van der Waals surface area contributed by atoms with Gasteiger partial charge in [0.1, 0.15) is 11.5 Å². The maximum absolute atomic E-state index is 15.2. The number of aromatic carboxylic acids is 1. The number of hydrogen-bond acceptors (Lipinski definition) is 5. The molecule has 1 aromatic carbocycles. The number of carbonyl (C=O) groups is 1. The summed E-state index contributed by atoms with van der Waals surface area (Å²) in [6.45, 7) is 2.36. The quantitative estimate of drug-likeness (QED) is 0.604. The number of carbonyl (C=O) groups excluding carboxylic acids is 1. The smallest absolute Gasteiger partial charge is 0.545 e. The number of hydrogen-bond donors (Lipinski definition) is 1. The maximum atomic E-state index is 15.2. The molecule has 0 radical (unpaired) electrons. The zero-order chi connectivity index (χ0) is 18.1. The average Bonchev–Trinajstić information content (AvgIpc) is 3.30. The molecule has 2 heterocycles. The van der Waals surface area contributed by atoms with Crippen molar-refractivity contribution in [2.24, 2.45) is 5.73 Å². The van der Waals surface area contributed by atoms with Gasteiger partial charge in [0.25, 0.3) is 0 Å². The van der Waals surface area contributed by atoms with E-state index in [4.69, 9.17) is 5.73 Å². The minimum atomic E-state index is -1.66. The first-order chi connectivity index (χ1) is 11.7. The number of fused-ring (bicyclic) bond motifs is 1. The molecule has 0 bridgehead atoms. The molecular weight excluding hydrogens is 355 g/mol. The Morgan fingerprint density at radius 2 is 1.96 bits per heavy atom. The van der Waals surface area contributed by atoms with Crippen LogP contribution in [0.5, 0.6) is 0 Å². The van der Waals surface area contributed by atoms with Crippen molar-refractivity contribution in [3.05, 3.63) is 39.7 Å². The fourth-order valence-electron chi connectivity index (χ4n) is 3.49. The Balaban J connectivity index is 0.00000196. The number of nitrogens with two attached hydrogens (primary N) is 1. The molecule has 1 saturated heterocycles. The van der Waals surface area contributed by atoms with E-state index < -0.39 is 34.1 Å². The van der Waals surface area contributed by atoms with Gasteiger partial charge in [0, 0.05) is 30.9 Å². The molecule has 0 amide bonds. The van der Waals surface area contributed by atoms with Gasteiger partial charge in [-0.2, -0.15) is 0 Å². The number of rotatable bonds is 3. The zero-order valence-corrected chi connectivity index (χ0v) is 16.5. The number of benzene rings is 1. The molecule has 26 heavy (non-hydrogen) atoms. The van der Waals surface area contributed by atoms with Crippen LogP contribution in [0.25, 0.3) is 10.9 Å². The number of aromatic nitrogens is 1. The second-order valence-corrected chi connectivity index (χ2v) is 7.23. The molecule has 0 spiro atoms. The standard InChI is InChI=1S/C17H17F2N3O3.Na/c1-17(20)6-21(7-17)14-11(18)4-9-13(12(14)19)22(8-2-3-8)5-10(15(9)23)16(24)25;/h4-5,8H,2-3,6-7,20H2,1H3,(H,24,25);/q;+1/p-1. The van der Waals surface area contributed by atoms with Crippen molar-refractivity contribution >= 4 is 22.6 Å². The van der Waals surface area contributed by atoms with E-state index in [0.717, 1.165) is 25.1 Å². The van der Waals surface area contributed by atoms with Gasteiger partial charge in [0.05, 0.1) is 22.4 Å². The Kier molecular flexibility index (Phi) is 4.67. The van der Waals surface area contributed by atoms with Crippen LogP contribution in [0.3, 0.4) is 0 Å². The molecule has 1 aliphatic heterocycles. The van der Waals surface area contributed by atoms with Crippen LogP contribution in [0, 0.1) is 11.6 Å². The third kappa shape index (κ3) is 2.94. The minimum Gasteiger partial charge on any atom is -0.545 e. The van der Waals surface area contributed by atoms with Crippen molar-refractivity contribution in [1.82, 2.24) is 4.57 Å². The fourth-order valence-corrected chi connectivity index (χ4v) is 3.49. The van der Waals surface area contributed by atoms with E-state index in [0.29, 0.717) is 0 Å². The molecule has 2 N–H and O–H groups in total. The van der Waals surface area contributed by atoms with Crippen molar-refractivity contribution in [1.29, 1.82) is 0 Å². The van der Waals surface area contributed by atoms with E-state index >= 15 is 4.39 Å². The van der Waals surface area contributed by atoms with E-state index in [1.54, 1.807) is 6.92 Å². The maximum Gasteiger partial charge on any atom is 1.00 e. The minimum absolute atomic E-state index is 0. The summed E-state index contributed by atoms with van der Waals surface area (Å²) in [6, 6.07) is 0.804. The summed E-state index contributed by atoms with van der Waals surface area (Å²) in [5, 5.41) is 10.9. The van der Waals surface area contributed by atoms with Crippen LogP contribution in [0.1, 0.15) is 36.2 Å². The van der Waals surface area contributed by atoms with Gasteiger partial charge in [-0.25, -0.2) is 8.78 Å². The molecule has 1 aliphatic carbocycles. The van der Waals surface area contributed by atoms with Crippen LogP contribution in [0.15, 0.2) is 17.1 Å². The number of carboxylic acids is 1. The van der Waals surface area contributed by atoms with Crippen LogP contribution in [-0.2, 0) is 0 Å². The first-order valence-electron chi connectivity index (χ1n) is 8.01. The monoisotopic (exact) mass is 371 g/mol. The normalized spacial score (nSPS) is 18.4. The van der Waals surface area contributed by atoms with E-state index in [2.05, 4.69) is 0 Å². The molecule has 1 saturated carbocycles. The van der Waals surface area contributed by atoms with Crippen LogP contribution >= 0.6 is 0 Å². The van der Waals surface area contributed by atoms with Crippen molar-refractivity contribution in [3.63, 3.8) is 0 Å². The second kappa shape index (κ2) is 6.30. The molecule has 2 fully saturated rings. The van der Waals surface area contributed by atoms with Gasteiger partial charge >= 0.3 is 29.6 Å². The summed E-state index contributed by atoms with van der Waals surface area (Å²) in [6.07, 6.45) is 2.58. The molecule has 0 unspecified atom stereocenters. The van der Waals surface area contributed by atoms with E-state index in [1.165, 1.54) is 9.47 Å². The first kappa shape index (κ1) is 19.3. The van der Waals surface area contributed by atoms with Gasteiger partial charge in [0.15, 0.2) is 11.2 Å². The zero-order valence-electron chi connectivity index (χ0n) is 14.5. The van der Waals surface area contributed by atoms with E-state index in [1.807, 2.05) is 0 Å². The number of anilines is 1. The molecule has 9 heteroatoms. The number of nitrogens with zero attached hydrogens (tertiary/aromatic N) is 2. The Morgan fingerprint density at radius 3 is 2.46 bits per heavy atom. The predicted molar refractivity (Wildman–Crippen MR) is 85.5 cm³/mol. The number of carboxylic acid groups (broad SMARTS) is 1. The summed E-state index contributed by atoms with van der Waals surface area (Å²) in [4.78, 5) is 25.0. The molecule has 132 valence electrons. The Labute approximate surface area is 169 Å². The molecule has 6 nitrogen and oxygen atoms in total. The van der Waals surface area contributed by atoms with Crippen molar-refractivity contribution in [2.75, 3.05) is 18.0 Å². The van der Waals surface area contributed by atoms with Crippen molar-refractivity contribution in [3.8, 4) is 0 Å². The van der Waals surface area contributed by atoms with Gasteiger partial charge in [-0.1, -0.05) is 0 Å². The number of halogens is 2. The van der Waals surface area contributed by atoms with Crippen molar-refractivity contribution < 1.29 is 48.2 Å². The molecule has 0 atom stereocenters. The van der Waals surface area contributed by atoms with Crippen LogP contribution < -0.4 is 50.7 Å². The molecule has 1 aromatic heterocycles. The predicted octanol–water partition coefficient (Wildman–Crippen LogP) is -2.48. The summed E-state index contributed by atoms with van der Waals surface area (Å²) >= 11 is 0. The van der Waals surface area contributed by atoms with Crippen molar-refractivity contribution in [2.45, 2.75) is 31.3 Å². The summed E-state index contributed by atoms with van der Waals surface area (Å²) in [5.74, 6) is -3.43. The third-order valence-corrected chi connectivity index (χ3v) is 4.76. The Hall–Kier alpha value is -1.48. The third-order valence-electron chi connectivity index (χ3n) is 4.76. The topological polar surface area (TPSA) is 91.4 Å². The largest absolute Gasteiger partial charge is 1.00 e. The summed E-state index contributed by atoms with van der Waals surface area (Å²) in [5.41, 5.74) is 3.55.